The number of ether oxygens (including phenoxy) is 1. The molecule has 3 fully saturated rings. The smallest absolute Gasteiger partial charge is 0.229 e. The molecule has 32 heavy (non-hydrogen) atoms. The standard InChI is InChI=1S/C25H32ClN3O3/c1-24(2,31)20-11-19(20)23(30)28-22-10-16-8-18(21(26)9-17(16)12-27-22)15-4-6-29(7-5-15)25(3)13-32-14-25/h8-10,12,15,19-20,31H,4-7,11,13-14H2,1-3H3,(H,27,28,30)/t19-,20-/m0/s1. The summed E-state index contributed by atoms with van der Waals surface area (Å²) >= 11 is 6.68. The van der Waals surface area contributed by atoms with Crippen molar-refractivity contribution in [2.24, 2.45) is 11.8 Å². The fraction of sp³-hybridized carbons (Fsp3) is 0.600. The molecule has 3 heterocycles. The van der Waals surface area contributed by atoms with Gasteiger partial charge in [0.25, 0.3) is 0 Å². The fourth-order valence-electron chi connectivity index (χ4n) is 5.36. The molecule has 172 valence electrons. The molecule has 0 radical (unpaired) electrons. The van der Waals surface area contributed by atoms with Gasteiger partial charge in [-0.1, -0.05) is 11.6 Å². The molecule has 1 aromatic heterocycles. The van der Waals surface area contributed by atoms with Crippen molar-refractivity contribution in [3.63, 3.8) is 0 Å². The molecule has 0 bridgehead atoms. The quantitative estimate of drug-likeness (QED) is 0.703. The summed E-state index contributed by atoms with van der Waals surface area (Å²) in [7, 11) is 0. The Kier molecular flexibility index (Phi) is 5.48. The molecule has 1 aliphatic carbocycles. The van der Waals surface area contributed by atoms with Crippen molar-refractivity contribution in [3.05, 3.63) is 35.0 Å². The minimum Gasteiger partial charge on any atom is -0.390 e. The highest BCUT2D eigenvalue weighted by atomic mass is 35.5. The van der Waals surface area contributed by atoms with E-state index in [2.05, 4.69) is 28.2 Å². The maximum absolute atomic E-state index is 12.6. The number of aromatic nitrogens is 1. The topological polar surface area (TPSA) is 74.7 Å². The van der Waals surface area contributed by atoms with Crippen molar-refractivity contribution >= 4 is 34.1 Å². The number of amides is 1. The van der Waals surface area contributed by atoms with Gasteiger partial charge in [0.2, 0.25) is 5.91 Å². The molecule has 1 saturated carbocycles. The Bertz CT molecular complexity index is 1040. The SMILES string of the molecule is CC(C)(O)[C@H]1C[C@@H]1C(=O)Nc1cc2cc(C3CCN(C4(C)COC4)CC3)c(Cl)cc2cn1. The Morgan fingerprint density at radius 2 is 1.97 bits per heavy atom. The molecule has 0 spiro atoms. The van der Waals surface area contributed by atoms with E-state index in [1.807, 2.05) is 12.1 Å². The Hall–Kier alpha value is -1.73. The summed E-state index contributed by atoms with van der Waals surface area (Å²) in [5.41, 5.74) is 0.549. The molecule has 3 aliphatic rings. The molecule has 2 aromatic rings. The van der Waals surface area contributed by atoms with Gasteiger partial charge in [0, 0.05) is 22.5 Å². The van der Waals surface area contributed by atoms with Gasteiger partial charge in [-0.3, -0.25) is 9.69 Å². The number of benzene rings is 1. The highest BCUT2D eigenvalue weighted by Gasteiger charge is 2.51. The summed E-state index contributed by atoms with van der Waals surface area (Å²) in [6.45, 7) is 9.57. The van der Waals surface area contributed by atoms with E-state index in [4.69, 9.17) is 16.3 Å². The van der Waals surface area contributed by atoms with Gasteiger partial charge in [-0.2, -0.15) is 0 Å². The van der Waals surface area contributed by atoms with Crippen LogP contribution in [0.15, 0.2) is 24.4 Å². The third-order valence-electron chi connectivity index (χ3n) is 7.65. The lowest BCUT2D eigenvalue weighted by Crippen LogP contribution is -2.61. The van der Waals surface area contributed by atoms with Crippen LogP contribution >= 0.6 is 11.6 Å². The van der Waals surface area contributed by atoms with E-state index in [1.54, 1.807) is 20.0 Å². The summed E-state index contributed by atoms with van der Waals surface area (Å²) in [5, 5.41) is 15.9. The summed E-state index contributed by atoms with van der Waals surface area (Å²) in [5.74, 6) is 0.760. The highest BCUT2D eigenvalue weighted by molar-refractivity contribution is 6.32. The summed E-state index contributed by atoms with van der Waals surface area (Å²) in [4.78, 5) is 19.5. The zero-order valence-corrected chi connectivity index (χ0v) is 19.8. The number of likely N-dealkylation sites (tertiary alicyclic amines) is 1. The van der Waals surface area contributed by atoms with E-state index in [1.165, 1.54) is 5.56 Å². The zero-order chi connectivity index (χ0) is 22.7. The van der Waals surface area contributed by atoms with Crippen LogP contribution in [0.25, 0.3) is 10.8 Å². The minimum atomic E-state index is -0.830. The molecule has 0 unspecified atom stereocenters. The monoisotopic (exact) mass is 457 g/mol. The van der Waals surface area contributed by atoms with Crippen LogP contribution in [0.4, 0.5) is 5.82 Å². The number of hydrogen-bond acceptors (Lipinski definition) is 5. The first-order chi connectivity index (χ1) is 15.1. The second-order valence-electron chi connectivity index (χ2n) is 10.6. The van der Waals surface area contributed by atoms with Crippen LogP contribution in [-0.4, -0.2) is 58.3 Å². The number of rotatable bonds is 5. The number of fused-ring (bicyclic) bond motifs is 1. The Labute approximate surface area is 194 Å². The van der Waals surface area contributed by atoms with Gasteiger partial charge in [0.15, 0.2) is 0 Å². The van der Waals surface area contributed by atoms with E-state index in [-0.39, 0.29) is 23.3 Å². The lowest BCUT2D eigenvalue weighted by Gasteiger charge is -2.50. The number of halogens is 1. The van der Waals surface area contributed by atoms with E-state index in [9.17, 15) is 9.90 Å². The number of aliphatic hydroxyl groups is 1. The largest absolute Gasteiger partial charge is 0.390 e. The normalized spacial score (nSPS) is 26.0. The van der Waals surface area contributed by atoms with Crippen molar-refractivity contribution in [1.29, 1.82) is 0 Å². The molecule has 5 rings (SSSR count). The molecular formula is C25H32ClN3O3. The number of nitrogens with one attached hydrogen (secondary N) is 1. The van der Waals surface area contributed by atoms with Crippen molar-refractivity contribution in [1.82, 2.24) is 9.88 Å². The molecule has 2 saturated heterocycles. The average Bonchev–Trinajstić information content (AvgIpc) is 3.54. The molecule has 7 heteroatoms. The highest BCUT2D eigenvalue weighted by Crippen LogP contribution is 2.46. The lowest BCUT2D eigenvalue weighted by atomic mass is 9.85. The Morgan fingerprint density at radius 3 is 2.56 bits per heavy atom. The Balaban J connectivity index is 1.30. The number of carbonyl (C=O) groups excluding carboxylic acids is 1. The first-order valence-electron chi connectivity index (χ1n) is 11.6. The molecule has 2 atom stereocenters. The van der Waals surface area contributed by atoms with Gasteiger partial charge in [0.05, 0.1) is 24.4 Å². The summed E-state index contributed by atoms with van der Waals surface area (Å²) in [6.07, 6.45) is 4.64. The summed E-state index contributed by atoms with van der Waals surface area (Å²) < 4.78 is 5.44. The zero-order valence-electron chi connectivity index (χ0n) is 19.0. The fourth-order valence-corrected chi connectivity index (χ4v) is 5.69. The van der Waals surface area contributed by atoms with Gasteiger partial charge < -0.3 is 15.2 Å². The number of hydrogen-bond donors (Lipinski definition) is 2. The molecule has 1 amide bonds. The van der Waals surface area contributed by atoms with Crippen LogP contribution in [0.1, 0.15) is 51.5 Å². The first-order valence-corrected chi connectivity index (χ1v) is 12.0. The van der Waals surface area contributed by atoms with Gasteiger partial charge in [-0.25, -0.2) is 4.98 Å². The van der Waals surface area contributed by atoms with Gasteiger partial charge in [-0.15, -0.1) is 0 Å². The van der Waals surface area contributed by atoms with Crippen LogP contribution in [0.2, 0.25) is 5.02 Å². The predicted octanol–water partition coefficient (Wildman–Crippen LogP) is 4.20. The van der Waals surface area contributed by atoms with Crippen LogP contribution in [0.5, 0.6) is 0 Å². The second kappa shape index (κ2) is 7.94. The third-order valence-corrected chi connectivity index (χ3v) is 7.97. The van der Waals surface area contributed by atoms with E-state index in [0.717, 1.165) is 54.9 Å². The minimum absolute atomic E-state index is 0.00740. The third kappa shape index (κ3) is 4.14. The number of carbonyl (C=O) groups is 1. The Morgan fingerprint density at radius 1 is 1.25 bits per heavy atom. The number of nitrogens with zero attached hydrogens (tertiary/aromatic N) is 2. The molecule has 1 aromatic carbocycles. The molecule has 2 N–H and O–H groups in total. The van der Waals surface area contributed by atoms with Crippen molar-refractivity contribution in [2.75, 3.05) is 31.6 Å². The van der Waals surface area contributed by atoms with Gasteiger partial charge in [0.1, 0.15) is 5.82 Å². The number of pyridine rings is 1. The van der Waals surface area contributed by atoms with E-state index >= 15 is 0 Å². The summed E-state index contributed by atoms with van der Waals surface area (Å²) in [6, 6.07) is 6.08. The van der Waals surface area contributed by atoms with Crippen molar-refractivity contribution < 1.29 is 14.6 Å². The lowest BCUT2D eigenvalue weighted by molar-refractivity contribution is -0.136. The molecule has 2 aliphatic heterocycles. The maximum atomic E-state index is 12.6. The molecular weight excluding hydrogens is 426 g/mol. The van der Waals surface area contributed by atoms with E-state index < -0.39 is 5.60 Å². The van der Waals surface area contributed by atoms with Crippen molar-refractivity contribution in [3.8, 4) is 0 Å². The van der Waals surface area contributed by atoms with Crippen LogP contribution in [-0.2, 0) is 9.53 Å². The van der Waals surface area contributed by atoms with Gasteiger partial charge in [-0.05, 0) is 94.1 Å². The predicted molar refractivity (Wildman–Crippen MR) is 126 cm³/mol. The van der Waals surface area contributed by atoms with Crippen LogP contribution < -0.4 is 5.32 Å². The van der Waals surface area contributed by atoms with Crippen molar-refractivity contribution in [2.45, 2.75) is 57.1 Å². The second-order valence-corrected chi connectivity index (χ2v) is 11.0. The van der Waals surface area contributed by atoms with Gasteiger partial charge >= 0.3 is 0 Å². The molecule has 6 nitrogen and oxygen atoms in total. The van der Waals surface area contributed by atoms with E-state index in [0.29, 0.717) is 18.2 Å². The number of anilines is 1. The van der Waals surface area contributed by atoms with Crippen LogP contribution in [0, 0.1) is 11.8 Å². The maximum Gasteiger partial charge on any atom is 0.229 e. The van der Waals surface area contributed by atoms with Crippen LogP contribution in [0.3, 0.4) is 0 Å². The average molecular weight is 458 g/mol. The first kappa shape index (κ1) is 22.1. The number of piperidine rings is 1.